The quantitative estimate of drug-likeness (QED) is 0.770. The van der Waals surface area contributed by atoms with Gasteiger partial charge in [0.25, 0.3) is 5.91 Å². The van der Waals surface area contributed by atoms with E-state index in [-0.39, 0.29) is 5.91 Å². The molecule has 1 aromatic heterocycles. The van der Waals surface area contributed by atoms with Crippen LogP contribution in [-0.2, 0) is 6.54 Å². The minimum absolute atomic E-state index is 0.165. The highest BCUT2D eigenvalue weighted by atomic mass is 79.9. The molecule has 4 nitrogen and oxygen atoms in total. The summed E-state index contributed by atoms with van der Waals surface area (Å²) in [5, 5.41) is 7.17. The minimum atomic E-state index is -0.165. The Balaban J connectivity index is 1.78. The first-order valence-corrected chi connectivity index (χ1v) is 7.65. The number of anilines is 1. The van der Waals surface area contributed by atoms with Gasteiger partial charge in [-0.2, -0.15) is 5.10 Å². The topological polar surface area (TPSA) is 46.9 Å². The summed E-state index contributed by atoms with van der Waals surface area (Å²) in [4.78, 5) is 12.4. The molecule has 0 aliphatic heterocycles. The van der Waals surface area contributed by atoms with Gasteiger partial charge in [-0.1, -0.05) is 42.5 Å². The van der Waals surface area contributed by atoms with Crippen molar-refractivity contribution in [2.45, 2.75) is 6.54 Å². The van der Waals surface area contributed by atoms with Gasteiger partial charge in [-0.25, -0.2) is 4.68 Å². The molecule has 0 unspecified atom stereocenters. The van der Waals surface area contributed by atoms with E-state index in [2.05, 4.69) is 26.3 Å². The fourth-order valence-electron chi connectivity index (χ4n) is 2.15. The molecule has 0 spiro atoms. The second kappa shape index (κ2) is 6.58. The molecule has 0 bridgehead atoms. The van der Waals surface area contributed by atoms with Gasteiger partial charge in [-0.3, -0.25) is 4.79 Å². The summed E-state index contributed by atoms with van der Waals surface area (Å²) in [5.74, 6) is 0.506. The third-order valence-electron chi connectivity index (χ3n) is 3.25. The molecule has 3 aromatic rings. The Morgan fingerprint density at radius 2 is 1.77 bits per heavy atom. The van der Waals surface area contributed by atoms with Crippen LogP contribution in [0.5, 0.6) is 0 Å². The molecule has 0 saturated heterocycles. The van der Waals surface area contributed by atoms with Crippen LogP contribution in [0.25, 0.3) is 0 Å². The maximum Gasteiger partial charge on any atom is 0.257 e. The maximum atomic E-state index is 12.4. The Morgan fingerprint density at radius 1 is 1.05 bits per heavy atom. The van der Waals surface area contributed by atoms with Crippen molar-refractivity contribution < 1.29 is 4.79 Å². The molecule has 0 radical (unpaired) electrons. The first-order chi connectivity index (χ1) is 10.7. The summed E-state index contributed by atoms with van der Waals surface area (Å²) in [7, 11) is 0. The second-order valence-corrected chi connectivity index (χ2v) is 5.65. The lowest BCUT2D eigenvalue weighted by Gasteiger charge is -2.10. The number of nitrogens with one attached hydrogen (secondary N) is 1. The third kappa shape index (κ3) is 3.26. The van der Waals surface area contributed by atoms with Crippen molar-refractivity contribution in [1.82, 2.24) is 9.78 Å². The first kappa shape index (κ1) is 14.5. The van der Waals surface area contributed by atoms with Crippen LogP contribution in [0.3, 0.4) is 0 Å². The number of hydrogen-bond donors (Lipinski definition) is 1. The molecule has 5 heteroatoms. The van der Waals surface area contributed by atoms with Crippen LogP contribution in [0.1, 0.15) is 15.9 Å². The van der Waals surface area contributed by atoms with Gasteiger partial charge < -0.3 is 5.32 Å². The summed E-state index contributed by atoms with van der Waals surface area (Å²) in [6, 6.07) is 19.1. The van der Waals surface area contributed by atoms with Crippen molar-refractivity contribution in [2.75, 3.05) is 5.32 Å². The predicted octanol–water partition coefficient (Wildman–Crippen LogP) is 3.95. The van der Waals surface area contributed by atoms with Gasteiger partial charge in [-0.05, 0) is 33.6 Å². The van der Waals surface area contributed by atoms with Crippen LogP contribution in [0, 0.1) is 0 Å². The van der Waals surface area contributed by atoms with Crippen LogP contribution in [0.2, 0.25) is 0 Å². The fourth-order valence-corrected chi connectivity index (χ4v) is 2.62. The van der Waals surface area contributed by atoms with E-state index in [0.717, 1.165) is 10.0 Å². The zero-order valence-electron chi connectivity index (χ0n) is 11.7. The number of carbonyl (C=O) groups excluding carboxylic acids is 1. The zero-order chi connectivity index (χ0) is 15.4. The van der Waals surface area contributed by atoms with Crippen LogP contribution in [-0.4, -0.2) is 15.7 Å². The van der Waals surface area contributed by atoms with Crippen molar-refractivity contribution in [3.8, 4) is 0 Å². The van der Waals surface area contributed by atoms with Gasteiger partial charge >= 0.3 is 0 Å². The van der Waals surface area contributed by atoms with Crippen LogP contribution in [0.15, 0.2) is 71.3 Å². The first-order valence-electron chi connectivity index (χ1n) is 6.85. The van der Waals surface area contributed by atoms with Crippen LogP contribution in [0.4, 0.5) is 5.82 Å². The van der Waals surface area contributed by atoms with E-state index < -0.39 is 0 Å². The van der Waals surface area contributed by atoms with Gasteiger partial charge in [-0.15, -0.1) is 0 Å². The number of amides is 1. The largest absolute Gasteiger partial charge is 0.307 e. The molecular formula is C17H14BrN3O. The standard InChI is InChI=1S/C17H14BrN3O/c18-15-9-5-4-8-14(15)17(22)20-16-10-11-19-21(16)12-13-6-2-1-3-7-13/h1-11H,12H2,(H,20,22). The Labute approximate surface area is 136 Å². The number of carbonyl (C=O) groups is 1. The smallest absolute Gasteiger partial charge is 0.257 e. The van der Waals surface area contributed by atoms with Gasteiger partial charge in [0.2, 0.25) is 0 Å². The molecule has 0 atom stereocenters. The predicted molar refractivity (Wildman–Crippen MR) is 89.9 cm³/mol. The highest BCUT2D eigenvalue weighted by Crippen LogP contribution is 2.18. The SMILES string of the molecule is O=C(Nc1ccnn1Cc1ccccc1)c1ccccc1Br. The lowest BCUT2D eigenvalue weighted by molar-refractivity contribution is 0.102. The summed E-state index contributed by atoms with van der Waals surface area (Å²) in [5.41, 5.74) is 1.72. The van der Waals surface area contributed by atoms with E-state index in [1.165, 1.54) is 0 Å². The summed E-state index contributed by atoms with van der Waals surface area (Å²) in [6.07, 6.45) is 1.68. The van der Waals surface area contributed by atoms with Crippen molar-refractivity contribution >= 4 is 27.7 Å². The number of rotatable bonds is 4. The van der Waals surface area contributed by atoms with Crippen molar-refractivity contribution in [1.29, 1.82) is 0 Å². The molecule has 0 fully saturated rings. The molecule has 0 saturated carbocycles. The number of aromatic nitrogens is 2. The highest BCUT2D eigenvalue weighted by Gasteiger charge is 2.12. The summed E-state index contributed by atoms with van der Waals surface area (Å²) >= 11 is 3.39. The van der Waals surface area contributed by atoms with Gasteiger partial charge in [0.1, 0.15) is 5.82 Å². The lowest BCUT2D eigenvalue weighted by atomic mass is 10.2. The van der Waals surface area contributed by atoms with Gasteiger partial charge in [0.05, 0.1) is 18.3 Å². The number of nitrogens with zero attached hydrogens (tertiary/aromatic N) is 2. The molecule has 3 rings (SSSR count). The Kier molecular flexibility index (Phi) is 4.34. The fraction of sp³-hybridized carbons (Fsp3) is 0.0588. The minimum Gasteiger partial charge on any atom is -0.307 e. The highest BCUT2D eigenvalue weighted by molar-refractivity contribution is 9.10. The average Bonchev–Trinajstić information content (AvgIpc) is 2.95. The van der Waals surface area contributed by atoms with Crippen molar-refractivity contribution in [2.24, 2.45) is 0 Å². The van der Waals surface area contributed by atoms with Gasteiger partial charge in [0.15, 0.2) is 0 Å². The molecule has 1 amide bonds. The summed E-state index contributed by atoms with van der Waals surface area (Å²) < 4.78 is 2.53. The van der Waals surface area contributed by atoms with Crippen LogP contribution < -0.4 is 5.32 Å². The molecule has 110 valence electrons. The van der Waals surface area contributed by atoms with E-state index in [9.17, 15) is 4.79 Å². The van der Waals surface area contributed by atoms with Gasteiger partial charge in [0, 0.05) is 10.5 Å². The van der Waals surface area contributed by atoms with Crippen LogP contribution >= 0.6 is 15.9 Å². The second-order valence-electron chi connectivity index (χ2n) is 4.79. The Bertz CT molecular complexity index is 783. The molecule has 2 aromatic carbocycles. The molecule has 0 aliphatic rings. The molecule has 1 N–H and O–H groups in total. The maximum absolute atomic E-state index is 12.4. The molecule has 0 aliphatic carbocycles. The third-order valence-corrected chi connectivity index (χ3v) is 3.94. The number of halogens is 1. The van der Waals surface area contributed by atoms with E-state index in [1.807, 2.05) is 48.5 Å². The lowest BCUT2D eigenvalue weighted by Crippen LogP contribution is -2.16. The number of benzene rings is 2. The average molecular weight is 356 g/mol. The van der Waals surface area contributed by atoms with E-state index >= 15 is 0 Å². The Hall–Kier alpha value is -2.40. The normalized spacial score (nSPS) is 10.4. The van der Waals surface area contributed by atoms with Crippen molar-refractivity contribution in [3.63, 3.8) is 0 Å². The monoisotopic (exact) mass is 355 g/mol. The van der Waals surface area contributed by atoms with Crippen molar-refractivity contribution in [3.05, 3.63) is 82.5 Å². The molecular weight excluding hydrogens is 342 g/mol. The summed E-state index contributed by atoms with van der Waals surface area (Å²) in [6.45, 7) is 0.611. The number of hydrogen-bond acceptors (Lipinski definition) is 2. The Morgan fingerprint density at radius 3 is 2.55 bits per heavy atom. The molecule has 22 heavy (non-hydrogen) atoms. The van der Waals surface area contributed by atoms with E-state index in [1.54, 1.807) is 23.0 Å². The van der Waals surface area contributed by atoms with E-state index in [4.69, 9.17) is 0 Å². The van der Waals surface area contributed by atoms with E-state index in [0.29, 0.717) is 17.9 Å². The molecule has 1 heterocycles. The zero-order valence-corrected chi connectivity index (χ0v) is 13.3.